The van der Waals surface area contributed by atoms with Gasteiger partial charge in [-0.15, -0.1) is 0 Å². The van der Waals surface area contributed by atoms with E-state index >= 15 is 0 Å². The van der Waals surface area contributed by atoms with E-state index in [-0.39, 0.29) is 0 Å². The van der Waals surface area contributed by atoms with Gasteiger partial charge in [0, 0.05) is 38.8 Å². The monoisotopic (exact) mass is 319 g/mol. The van der Waals surface area contributed by atoms with Crippen molar-refractivity contribution in [1.29, 1.82) is 0 Å². The molecule has 2 rings (SSSR count). The van der Waals surface area contributed by atoms with Crippen LogP contribution >= 0.6 is 0 Å². The van der Waals surface area contributed by atoms with E-state index < -0.39 is 0 Å². The van der Waals surface area contributed by atoms with Crippen LogP contribution in [0.2, 0.25) is 0 Å². The third-order valence-corrected chi connectivity index (χ3v) is 4.84. The van der Waals surface area contributed by atoms with E-state index in [0.717, 1.165) is 45.0 Å². The topological polar surface area (TPSA) is 27.7 Å². The molecule has 1 saturated heterocycles. The molecule has 1 unspecified atom stereocenters. The highest BCUT2D eigenvalue weighted by Crippen LogP contribution is 2.26. The van der Waals surface area contributed by atoms with E-state index in [1.807, 2.05) is 0 Å². The van der Waals surface area contributed by atoms with Gasteiger partial charge in [-0.1, -0.05) is 25.5 Å². The molecular formula is C19H33N3O. The molecule has 1 heterocycles. The fourth-order valence-electron chi connectivity index (χ4n) is 3.31. The minimum Gasteiger partial charge on any atom is -0.496 e. The van der Waals surface area contributed by atoms with Crippen LogP contribution in [0.5, 0.6) is 5.75 Å². The fourth-order valence-corrected chi connectivity index (χ4v) is 3.31. The van der Waals surface area contributed by atoms with Crippen molar-refractivity contribution >= 4 is 0 Å². The predicted molar refractivity (Wildman–Crippen MR) is 97.3 cm³/mol. The molecule has 0 bridgehead atoms. The summed E-state index contributed by atoms with van der Waals surface area (Å²) < 4.78 is 5.42. The number of unbranched alkanes of at least 4 members (excludes halogenated alkanes) is 1. The minimum absolute atomic E-state index is 0.448. The number of benzene rings is 1. The van der Waals surface area contributed by atoms with Gasteiger partial charge in [0.25, 0.3) is 0 Å². The fraction of sp³-hybridized carbons (Fsp3) is 0.684. The van der Waals surface area contributed by atoms with Gasteiger partial charge in [0.2, 0.25) is 0 Å². The highest BCUT2D eigenvalue weighted by atomic mass is 16.5. The van der Waals surface area contributed by atoms with Gasteiger partial charge in [0.15, 0.2) is 0 Å². The van der Waals surface area contributed by atoms with Crippen LogP contribution in [0.25, 0.3) is 0 Å². The zero-order valence-electron chi connectivity index (χ0n) is 15.3. The van der Waals surface area contributed by atoms with Crippen molar-refractivity contribution in [3.8, 4) is 5.75 Å². The standard InChI is InChI=1S/C19H33N3O/c1-5-6-11-21(3)18(15-22-12-9-20-10-13-22)17-7-8-19(23-4)16(2)14-17/h7-8,14,18,20H,5-6,9-13,15H2,1-4H3. The second-order valence-electron chi connectivity index (χ2n) is 6.63. The number of methoxy groups -OCH3 is 1. The third kappa shape index (κ3) is 5.20. The van der Waals surface area contributed by atoms with Crippen LogP contribution < -0.4 is 10.1 Å². The van der Waals surface area contributed by atoms with Crippen LogP contribution in [0.15, 0.2) is 18.2 Å². The third-order valence-electron chi connectivity index (χ3n) is 4.84. The first-order valence-electron chi connectivity index (χ1n) is 8.93. The van der Waals surface area contributed by atoms with Gasteiger partial charge in [-0.25, -0.2) is 0 Å². The van der Waals surface area contributed by atoms with Gasteiger partial charge in [-0.2, -0.15) is 0 Å². The summed E-state index contributed by atoms with van der Waals surface area (Å²) in [5.41, 5.74) is 2.62. The van der Waals surface area contributed by atoms with E-state index in [9.17, 15) is 0 Å². The van der Waals surface area contributed by atoms with Gasteiger partial charge >= 0.3 is 0 Å². The van der Waals surface area contributed by atoms with Gasteiger partial charge in [-0.05, 0) is 44.1 Å². The van der Waals surface area contributed by atoms with Gasteiger partial charge in [-0.3, -0.25) is 9.80 Å². The van der Waals surface area contributed by atoms with E-state index in [2.05, 4.69) is 54.2 Å². The quantitative estimate of drug-likeness (QED) is 0.797. The maximum atomic E-state index is 5.42. The Kier molecular flexibility index (Phi) is 7.34. The number of hydrogen-bond donors (Lipinski definition) is 1. The number of likely N-dealkylation sites (N-methyl/N-ethyl adjacent to an activating group) is 1. The van der Waals surface area contributed by atoms with E-state index in [1.165, 1.54) is 24.0 Å². The molecule has 1 N–H and O–H groups in total. The van der Waals surface area contributed by atoms with Gasteiger partial charge in [0.1, 0.15) is 5.75 Å². The van der Waals surface area contributed by atoms with Crippen molar-refractivity contribution in [3.63, 3.8) is 0 Å². The summed E-state index contributed by atoms with van der Waals surface area (Å²) in [5.74, 6) is 0.978. The number of piperazine rings is 1. The Morgan fingerprint density at radius 2 is 2.04 bits per heavy atom. The molecule has 0 amide bonds. The van der Waals surface area contributed by atoms with E-state index in [1.54, 1.807) is 7.11 Å². The lowest BCUT2D eigenvalue weighted by molar-refractivity contribution is 0.149. The van der Waals surface area contributed by atoms with Crippen LogP contribution in [0.3, 0.4) is 0 Å². The average molecular weight is 319 g/mol. The smallest absolute Gasteiger partial charge is 0.121 e. The van der Waals surface area contributed by atoms with Crippen molar-refractivity contribution in [3.05, 3.63) is 29.3 Å². The normalized spacial score (nSPS) is 17.4. The number of rotatable bonds is 8. The van der Waals surface area contributed by atoms with Gasteiger partial charge < -0.3 is 10.1 Å². The highest BCUT2D eigenvalue weighted by molar-refractivity contribution is 5.37. The number of hydrogen-bond acceptors (Lipinski definition) is 4. The molecule has 4 heteroatoms. The largest absolute Gasteiger partial charge is 0.496 e. The Morgan fingerprint density at radius 1 is 1.30 bits per heavy atom. The Labute approximate surface area is 141 Å². The zero-order chi connectivity index (χ0) is 16.7. The molecule has 1 aliphatic heterocycles. The number of ether oxygens (including phenoxy) is 1. The zero-order valence-corrected chi connectivity index (χ0v) is 15.3. The van der Waals surface area contributed by atoms with Crippen LogP contribution in [0.4, 0.5) is 0 Å². The summed E-state index contributed by atoms with van der Waals surface area (Å²) in [4.78, 5) is 5.11. The van der Waals surface area contributed by atoms with Gasteiger partial charge in [0.05, 0.1) is 7.11 Å². The van der Waals surface area contributed by atoms with Crippen LogP contribution in [0, 0.1) is 6.92 Å². The summed E-state index contributed by atoms with van der Waals surface area (Å²) in [5, 5.41) is 3.44. The van der Waals surface area contributed by atoms with E-state index in [0.29, 0.717) is 6.04 Å². The van der Waals surface area contributed by atoms with Crippen molar-refractivity contribution < 1.29 is 4.74 Å². The summed E-state index contributed by atoms with van der Waals surface area (Å²) >= 11 is 0. The first kappa shape index (κ1) is 18.2. The van der Waals surface area contributed by atoms with Crippen molar-refractivity contribution in [2.24, 2.45) is 0 Å². The average Bonchev–Trinajstić information content (AvgIpc) is 2.58. The second-order valence-corrected chi connectivity index (χ2v) is 6.63. The molecule has 0 spiro atoms. The molecule has 130 valence electrons. The first-order chi connectivity index (χ1) is 11.2. The summed E-state index contributed by atoms with van der Waals surface area (Å²) in [6, 6.07) is 7.10. The van der Waals surface area contributed by atoms with Crippen molar-refractivity contribution in [2.45, 2.75) is 32.7 Å². The Morgan fingerprint density at radius 3 is 2.65 bits per heavy atom. The summed E-state index contributed by atoms with van der Waals surface area (Å²) in [7, 11) is 4.01. The predicted octanol–water partition coefficient (Wildman–Crippen LogP) is 2.68. The molecule has 0 radical (unpaired) electrons. The molecular weight excluding hydrogens is 286 g/mol. The summed E-state index contributed by atoms with van der Waals surface area (Å²) in [6.07, 6.45) is 2.50. The molecule has 23 heavy (non-hydrogen) atoms. The second kappa shape index (κ2) is 9.26. The summed E-state index contributed by atoms with van der Waals surface area (Å²) in [6.45, 7) is 11.2. The molecule has 1 atom stereocenters. The molecule has 0 aromatic heterocycles. The number of nitrogens with zero attached hydrogens (tertiary/aromatic N) is 2. The highest BCUT2D eigenvalue weighted by Gasteiger charge is 2.22. The maximum Gasteiger partial charge on any atom is 0.121 e. The number of nitrogens with one attached hydrogen (secondary N) is 1. The SMILES string of the molecule is CCCCN(C)C(CN1CCNCC1)c1ccc(OC)c(C)c1. The van der Waals surface area contributed by atoms with Crippen molar-refractivity contribution in [2.75, 3.05) is 53.4 Å². The van der Waals surface area contributed by atoms with Crippen LogP contribution in [0.1, 0.15) is 36.9 Å². The molecule has 0 saturated carbocycles. The first-order valence-corrected chi connectivity index (χ1v) is 8.93. The van der Waals surface area contributed by atoms with Crippen LogP contribution in [-0.2, 0) is 0 Å². The number of aryl methyl sites for hydroxylation is 1. The maximum absolute atomic E-state index is 5.42. The Hall–Kier alpha value is -1.10. The lowest BCUT2D eigenvalue weighted by Crippen LogP contribution is -2.47. The molecule has 4 nitrogen and oxygen atoms in total. The molecule has 1 fully saturated rings. The Balaban J connectivity index is 2.15. The van der Waals surface area contributed by atoms with Crippen molar-refractivity contribution in [1.82, 2.24) is 15.1 Å². The molecule has 1 aliphatic rings. The Bertz CT molecular complexity index is 472. The molecule has 1 aromatic carbocycles. The molecule has 1 aromatic rings. The minimum atomic E-state index is 0.448. The van der Waals surface area contributed by atoms with Crippen LogP contribution in [-0.4, -0.2) is 63.2 Å². The molecule has 0 aliphatic carbocycles. The lowest BCUT2D eigenvalue weighted by Gasteiger charge is -2.35. The lowest BCUT2D eigenvalue weighted by atomic mass is 10.0. The van der Waals surface area contributed by atoms with E-state index in [4.69, 9.17) is 4.74 Å².